The van der Waals surface area contributed by atoms with Crippen molar-refractivity contribution >= 4 is 70.7 Å². The molecule has 0 aliphatic rings. The summed E-state index contributed by atoms with van der Waals surface area (Å²) in [5, 5.41) is 0. The van der Waals surface area contributed by atoms with Crippen molar-refractivity contribution in [2.24, 2.45) is 0 Å². The Morgan fingerprint density at radius 2 is 2.30 bits per heavy atom. The van der Waals surface area contributed by atoms with Crippen molar-refractivity contribution in [1.82, 2.24) is 4.98 Å². The summed E-state index contributed by atoms with van der Waals surface area (Å²) >= 11 is 9.06. The molecule has 1 nitrogen and oxygen atoms in total. The van der Waals surface area contributed by atoms with Crippen LogP contribution in [0.4, 0.5) is 0 Å². The monoisotopic (exact) mass is 345 g/mol. The van der Waals surface area contributed by atoms with E-state index in [9.17, 15) is 0 Å². The molecule has 2 aromatic rings. The fourth-order valence-electron chi connectivity index (χ4n) is 0.681. The molecule has 0 amide bonds. The van der Waals surface area contributed by atoms with E-state index in [-0.39, 0.29) is 0 Å². The Morgan fingerprint density at radius 3 is 3.00 bits per heavy atom. The van der Waals surface area contributed by atoms with Gasteiger partial charge in [0.15, 0.2) is 3.01 Å². The second-order valence-corrected chi connectivity index (χ2v) is 6.88. The predicted molar refractivity (Wildman–Crippen MR) is 57.9 cm³/mol. The van der Waals surface area contributed by atoms with E-state index in [0.29, 0.717) is 0 Å². The van der Waals surface area contributed by atoms with Gasteiger partial charge in [0.25, 0.3) is 0 Å². The van der Waals surface area contributed by atoms with Gasteiger partial charge in [0.05, 0.1) is 8.49 Å². The van der Waals surface area contributed by atoms with Crippen LogP contribution in [-0.2, 0) is 0 Å². The zero-order chi connectivity index (χ0) is 7.14. The molecule has 2 heterocycles. The number of aromatic nitrogens is 1. The molecular weight excluding hydrogens is 345 g/mol. The maximum Gasteiger partial charge on any atom is 0.156 e. The van der Waals surface area contributed by atoms with E-state index in [2.05, 4.69) is 49.6 Å². The lowest BCUT2D eigenvalue weighted by atomic mass is 10.6. The molecule has 2 aromatic heterocycles. The van der Waals surface area contributed by atoms with Gasteiger partial charge in [-0.3, -0.25) is 0 Å². The molecule has 0 bridgehead atoms. The van der Waals surface area contributed by atoms with Crippen molar-refractivity contribution in [3.8, 4) is 0 Å². The third kappa shape index (κ3) is 1.24. The van der Waals surface area contributed by atoms with Crippen LogP contribution in [0.25, 0.3) is 9.53 Å². The van der Waals surface area contributed by atoms with E-state index in [4.69, 9.17) is 0 Å². The summed E-state index contributed by atoms with van der Waals surface area (Å²) in [5.74, 6) is 0. The van der Waals surface area contributed by atoms with Crippen LogP contribution in [-0.4, -0.2) is 4.98 Å². The van der Waals surface area contributed by atoms with Crippen LogP contribution in [0.3, 0.4) is 0 Å². The van der Waals surface area contributed by atoms with Crippen molar-refractivity contribution in [2.45, 2.75) is 0 Å². The molecule has 0 N–H and O–H groups in total. The number of hydrogen-bond donors (Lipinski definition) is 0. The van der Waals surface area contributed by atoms with E-state index in [1.54, 1.807) is 22.7 Å². The highest BCUT2D eigenvalue weighted by Crippen LogP contribution is 2.33. The first kappa shape index (κ1) is 7.45. The van der Waals surface area contributed by atoms with E-state index in [0.717, 1.165) is 11.6 Å². The molecule has 0 radical (unpaired) electrons. The molecule has 0 aromatic carbocycles. The van der Waals surface area contributed by atoms with E-state index >= 15 is 0 Å². The molecule has 10 heavy (non-hydrogen) atoms. The minimum Gasteiger partial charge on any atom is -0.219 e. The lowest BCUT2D eigenvalue weighted by Crippen LogP contribution is -1.57. The van der Waals surface area contributed by atoms with Crippen LogP contribution in [0.1, 0.15) is 0 Å². The maximum atomic E-state index is 4.33. The summed E-state index contributed by atoms with van der Waals surface area (Å²) in [6, 6.07) is 2.11. The average molecular weight is 346 g/mol. The Kier molecular flexibility index (Phi) is 2.00. The highest BCUT2D eigenvalue weighted by Gasteiger charge is 2.03. The highest BCUT2D eigenvalue weighted by atomic mass is 127. The van der Waals surface area contributed by atoms with Gasteiger partial charge in [-0.15, -0.1) is 22.7 Å². The molecular formula is C5HBrINS2. The van der Waals surface area contributed by atoms with Gasteiger partial charge in [0, 0.05) is 0 Å². The molecule has 0 saturated heterocycles. The molecule has 0 unspecified atom stereocenters. The second kappa shape index (κ2) is 2.69. The van der Waals surface area contributed by atoms with Gasteiger partial charge in [0.1, 0.15) is 4.83 Å². The molecule has 0 atom stereocenters. The van der Waals surface area contributed by atoms with Crippen molar-refractivity contribution < 1.29 is 0 Å². The highest BCUT2D eigenvalue weighted by molar-refractivity contribution is 14.1. The standard InChI is InChI=1S/C5HBrINS2/c6-3-1-2-4(10-3)8-5(7)9-2/h1H. The van der Waals surface area contributed by atoms with Crippen LogP contribution in [0, 0.1) is 3.01 Å². The Hall–Kier alpha value is 0.800. The first-order valence-electron chi connectivity index (χ1n) is 2.47. The van der Waals surface area contributed by atoms with E-state index < -0.39 is 0 Å². The zero-order valence-electron chi connectivity index (χ0n) is 4.60. The average Bonchev–Trinajstić information content (AvgIpc) is 2.21. The van der Waals surface area contributed by atoms with E-state index in [1.807, 2.05) is 0 Å². The quantitative estimate of drug-likeness (QED) is 0.663. The number of fused-ring (bicyclic) bond motifs is 1. The van der Waals surface area contributed by atoms with Gasteiger partial charge in [-0.2, -0.15) is 0 Å². The van der Waals surface area contributed by atoms with Gasteiger partial charge in [0.2, 0.25) is 0 Å². The molecule has 0 saturated carbocycles. The fourth-order valence-corrected chi connectivity index (χ4v) is 4.31. The van der Waals surface area contributed by atoms with Gasteiger partial charge >= 0.3 is 0 Å². The molecule has 0 aliphatic heterocycles. The Morgan fingerprint density at radius 1 is 1.50 bits per heavy atom. The third-order valence-corrected chi connectivity index (χ3v) is 4.39. The smallest absolute Gasteiger partial charge is 0.156 e. The molecule has 0 aliphatic carbocycles. The zero-order valence-corrected chi connectivity index (χ0v) is 9.97. The summed E-state index contributed by atoms with van der Waals surface area (Å²) in [6.45, 7) is 0. The Bertz CT molecular complexity index is 303. The third-order valence-electron chi connectivity index (χ3n) is 1.03. The molecule has 52 valence electrons. The maximum absolute atomic E-state index is 4.33. The summed E-state index contributed by atoms with van der Waals surface area (Å²) < 4.78 is 3.56. The lowest BCUT2D eigenvalue weighted by molar-refractivity contribution is 1.48. The summed E-state index contributed by atoms with van der Waals surface area (Å²) in [5.41, 5.74) is 0. The van der Waals surface area contributed by atoms with Crippen LogP contribution in [0.15, 0.2) is 9.85 Å². The molecule has 2 rings (SSSR count). The number of halogens is 2. The topological polar surface area (TPSA) is 12.9 Å². The fraction of sp³-hybridized carbons (Fsp3) is 0. The minimum atomic E-state index is 1.12. The van der Waals surface area contributed by atoms with Gasteiger partial charge in [-0.1, -0.05) is 0 Å². The largest absolute Gasteiger partial charge is 0.219 e. The Balaban J connectivity index is 2.83. The molecule has 0 spiro atoms. The van der Waals surface area contributed by atoms with Crippen LogP contribution in [0.5, 0.6) is 0 Å². The number of hydrogen-bond acceptors (Lipinski definition) is 3. The van der Waals surface area contributed by atoms with Crippen LogP contribution in [0.2, 0.25) is 0 Å². The van der Waals surface area contributed by atoms with Gasteiger partial charge in [-0.05, 0) is 44.6 Å². The first-order chi connectivity index (χ1) is 4.75. The summed E-state index contributed by atoms with van der Waals surface area (Å²) in [6.07, 6.45) is 0. The van der Waals surface area contributed by atoms with Crippen LogP contribution >= 0.6 is 61.2 Å². The minimum absolute atomic E-state index is 1.12. The Labute approximate surface area is 87.7 Å². The normalized spacial score (nSPS) is 11.0. The number of thiazole rings is 1. The van der Waals surface area contributed by atoms with Crippen molar-refractivity contribution in [1.29, 1.82) is 0 Å². The summed E-state index contributed by atoms with van der Waals surface area (Å²) in [4.78, 5) is 5.47. The lowest BCUT2D eigenvalue weighted by Gasteiger charge is -1.71. The van der Waals surface area contributed by atoms with Crippen LogP contribution < -0.4 is 0 Å². The number of thiophene rings is 1. The first-order valence-corrected chi connectivity index (χ1v) is 5.97. The SMILES string of the molecule is Brc1cc2sc(I)nc2s1. The van der Waals surface area contributed by atoms with Crippen molar-refractivity contribution in [2.75, 3.05) is 0 Å². The summed E-state index contributed by atoms with van der Waals surface area (Å²) in [7, 11) is 0. The van der Waals surface area contributed by atoms with Gasteiger partial charge < -0.3 is 0 Å². The van der Waals surface area contributed by atoms with Gasteiger partial charge in [-0.25, -0.2) is 4.98 Å². The van der Waals surface area contributed by atoms with Crippen molar-refractivity contribution in [3.05, 3.63) is 12.9 Å². The van der Waals surface area contributed by atoms with E-state index in [1.165, 1.54) is 4.70 Å². The molecule has 0 fully saturated rings. The predicted octanol–water partition coefficient (Wildman–Crippen LogP) is 3.72. The number of rotatable bonds is 0. The van der Waals surface area contributed by atoms with Crippen molar-refractivity contribution in [3.63, 3.8) is 0 Å². The number of nitrogens with zero attached hydrogens (tertiary/aromatic N) is 1. The second-order valence-electron chi connectivity index (χ2n) is 1.69. The molecule has 5 heteroatoms.